The van der Waals surface area contributed by atoms with Crippen molar-refractivity contribution in [3.8, 4) is 11.5 Å². The number of aliphatic hydroxyl groups excluding tert-OH is 1. The molecule has 4 nitrogen and oxygen atoms in total. The lowest BCUT2D eigenvalue weighted by Gasteiger charge is -2.29. The molecule has 21 heavy (non-hydrogen) atoms. The summed E-state index contributed by atoms with van der Waals surface area (Å²) in [5.41, 5.74) is 3.19. The number of nitrogens with zero attached hydrogens (tertiary/aromatic N) is 2. The first kappa shape index (κ1) is 14.3. The second-order valence-electron chi connectivity index (χ2n) is 5.87. The van der Waals surface area contributed by atoms with Crippen LogP contribution in [0.15, 0.2) is 28.7 Å². The predicted octanol–water partition coefficient (Wildman–Crippen LogP) is 2.92. The molecule has 112 valence electrons. The van der Waals surface area contributed by atoms with Crippen LogP contribution >= 0.6 is 0 Å². The van der Waals surface area contributed by atoms with Crippen molar-refractivity contribution in [2.75, 3.05) is 13.1 Å². The average molecular weight is 286 g/mol. The fourth-order valence-electron chi connectivity index (χ4n) is 2.89. The fraction of sp³-hybridized carbons (Fsp3) is 0.471. The monoisotopic (exact) mass is 286 g/mol. The van der Waals surface area contributed by atoms with E-state index in [9.17, 15) is 5.11 Å². The molecule has 0 amide bonds. The van der Waals surface area contributed by atoms with Crippen LogP contribution < -0.4 is 0 Å². The Hall–Kier alpha value is -1.65. The van der Waals surface area contributed by atoms with Gasteiger partial charge in [0, 0.05) is 18.7 Å². The number of aromatic nitrogens is 1. The van der Waals surface area contributed by atoms with Crippen LogP contribution in [0, 0.1) is 13.8 Å². The maximum Gasteiger partial charge on any atom is 0.226 e. The molecule has 1 aromatic carbocycles. The van der Waals surface area contributed by atoms with E-state index >= 15 is 0 Å². The molecule has 0 aliphatic carbocycles. The number of aryl methyl sites for hydroxylation is 2. The van der Waals surface area contributed by atoms with Gasteiger partial charge >= 0.3 is 0 Å². The van der Waals surface area contributed by atoms with Gasteiger partial charge < -0.3 is 9.52 Å². The molecule has 0 saturated carbocycles. The average Bonchev–Trinajstić information content (AvgIpc) is 2.80. The molecule has 0 spiro atoms. The Bertz CT molecular complexity index is 621. The Morgan fingerprint density at radius 3 is 2.90 bits per heavy atom. The van der Waals surface area contributed by atoms with E-state index in [1.807, 2.05) is 25.1 Å². The van der Waals surface area contributed by atoms with Crippen LogP contribution in [-0.2, 0) is 6.54 Å². The lowest BCUT2D eigenvalue weighted by Crippen LogP contribution is -2.37. The summed E-state index contributed by atoms with van der Waals surface area (Å²) in [5, 5.41) is 9.76. The smallest absolute Gasteiger partial charge is 0.226 e. The van der Waals surface area contributed by atoms with Crippen molar-refractivity contribution in [1.82, 2.24) is 9.88 Å². The number of aliphatic hydroxyl groups is 1. The van der Waals surface area contributed by atoms with E-state index in [2.05, 4.69) is 22.9 Å². The summed E-state index contributed by atoms with van der Waals surface area (Å²) in [5.74, 6) is 1.56. The third kappa shape index (κ3) is 3.17. The quantitative estimate of drug-likeness (QED) is 0.942. The van der Waals surface area contributed by atoms with E-state index in [0.29, 0.717) is 5.89 Å². The normalized spacial score (nSPS) is 19.9. The van der Waals surface area contributed by atoms with Crippen molar-refractivity contribution in [1.29, 1.82) is 0 Å². The molecule has 1 aliphatic rings. The summed E-state index contributed by atoms with van der Waals surface area (Å²) < 4.78 is 5.85. The summed E-state index contributed by atoms with van der Waals surface area (Å²) >= 11 is 0. The van der Waals surface area contributed by atoms with Gasteiger partial charge in [0.2, 0.25) is 5.89 Å². The molecular formula is C17H22N2O2. The minimum Gasteiger partial charge on any atom is -0.441 e. The highest BCUT2D eigenvalue weighted by molar-refractivity contribution is 5.58. The molecule has 0 radical (unpaired) electrons. The van der Waals surface area contributed by atoms with Crippen LogP contribution in [0.4, 0.5) is 0 Å². The van der Waals surface area contributed by atoms with E-state index in [-0.39, 0.29) is 6.10 Å². The second-order valence-corrected chi connectivity index (χ2v) is 5.87. The molecule has 1 fully saturated rings. The maximum absolute atomic E-state index is 9.76. The topological polar surface area (TPSA) is 49.5 Å². The SMILES string of the molecule is Cc1ccccc1-c1nc(CN2CCC[C@H](O)C2)c(C)o1. The minimum atomic E-state index is -0.207. The largest absolute Gasteiger partial charge is 0.441 e. The molecule has 0 bridgehead atoms. The molecule has 1 aliphatic heterocycles. The first-order valence-electron chi connectivity index (χ1n) is 7.56. The number of rotatable bonds is 3. The van der Waals surface area contributed by atoms with Crippen molar-refractivity contribution in [2.24, 2.45) is 0 Å². The molecule has 1 atom stereocenters. The van der Waals surface area contributed by atoms with Crippen molar-refractivity contribution >= 4 is 0 Å². The zero-order chi connectivity index (χ0) is 14.8. The number of piperidine rings is 1. The molecule has 1 saturated heterocycles. The second kappa shape index (κ2) is 6.00. The van der Waals surface area contributed by atoms with Gasteiger partial charge in [0.25, 0.3) is 0 Å². The summed E-state index contributed by atoms with van der Waals surface area (Å²) in [6.07, 6.45) is 1.74. The molecule has 0 unspecified atom stereocenters. The minimum absolute atomic E-state index is 0.207. The Morgan fingerprint density at radius 2 is 2.14 bits per heavy atom. The molecule has 2 aromatic rings. The van der Waals surface area contributed by atoms with Crippen molar-refractivity contribution < 1.29 is 9.52 Å². The Morgan fingerprint density at radius 1 is 1.33 bits per heavy atom. The predicted molar refractivity (Wildman–Crippen MR) is 81.9 cm³/mol. The van der Waals surface area contributed by atoms with Gasteiger partial charge in [0.1, 0.15) is 5.76 Å². The van der Waals surface area contributed by atoms with Gasteiger partial charge in [0.15, 0.2) is 0 Å². The molecule has 2 heterocycles. The zero-order valence-corrected chi connectivity index (χ0v) is 12.7. The van der Waals surface area contributed by atoms with E-state index in [4.69, 9.17) is 4.42 Å². The number of β-amino-alcohol motifs (C(OH)–C–C–N with tert-alkyl or cyclic N) is 1. The third-order valence-corrected chi connectivity index (χ3v) is 4.12. The van der Waals surface area contributed by atoms with Gasteiger partial charge in [-0.3, -0.25) is 4.90 Å². The highest BCUT2D eigenvalue weighted by atomic mass is 16.4. The first-order valence-corrected chi connectivity index (χ1v) is 7.56. The number of oxazole rings is 1. The molecule has 4 heteroatoms. The summed E-state index contributed by atoms with van der Waals surface area (Å²) in [6, 6.07) is 8.12. The molecule has 3 rings (SSSR count). The lowest BCUT2D eigenvalue weighted by atomic mass is 10.1. The van der Waals surface area contributed by atoms with Crippen molar-refractivity contribution in [2.45, 2.75) is 39.3 Å². The van der Waals surface area contributed by atoms with Gasteiger partial charge in [-0.2, -0.15) is 0 Å². The van der Waals surface area contributed by atoms with Crippen LogP contribution in [-0.4, -0.2) is 34.2 Å². The first-order chi connectivity index (χ1) is 10.1. The standard InChI is InChI=1S/C17H22N2O2/c1-12-6-3-4-8-15(12)17-18-16(13(2)21-17)11-19-9-5-7-14(20)10-19/h3-4,6,8,14,20H,5,7,9-11H2,1-2H3/t14-/m0/s1. The number of likely N-dealkylation sites (tertiary alicyclic amines) is 1. The number of benzene rings is 1. The van der Waals surface area contributed by atoms with E-state index in [1.54, 1.807) is 0 Å². The van der Waals surface area contributed by atoms with Gasteiger partial charge in [-0.15, -0.1) is 0 Å². The Kier molecular flexibility index (Phi) is 4.08. The van der Waals surface area contributed by atoms with Gasteiger partial charge in [-0.25, -0.2) is 4.98 Å². The molecule has 1 aromatic heterocycles. The Balaban J connectivity index is 1.80. The summed E-state index contributed by atoms with van der Waals surface area (Å²) in [7, 11) is 0. The van der Waals surface area contributed by atoms with Gasteiger partial charge in [-0.1, -0.05) is 18.2 Å². The van der Waals surface area contributed by atoms with Gasteiger partial charge in [0.05, 0.1) is 11.8 Å². The zero-order valence-electron chi connectivity index (χ0n) is 12.7. The van der Waals surface area contributed by atoms with Crippen molar-refractivity contribution in [3.05, 3.63) is 41.3 Å². The van der Waals surface area contributed by atoms with E-state index in [1.165, 1.54) is 5.56 Å². The highest BCUT2D eigenvalue weighted by Gasteiger charge is 2.20. The van der Waals surface area contributed by atoms with E-state index < -0.39 is 0 Å². The van der Waals surface area contributed by atoms with Crippen LogP contribution in [0.25, 0.3) is 11.5 Å². The summed E-state index contributed by atoms with van der Waals surface area (Å²) in [4.78, 5) is 6.92. The van der Waals surface area contributed by atoms with Crippen LogP contribution in [0.3, 0.4) is 0 Å². The van der Waals surface area contributed by atoms with Crippen LogP contribution in [0.1, 0.15) is 29.9 Å². The summed E-state index contributed by atoms with van der Waals surface area (Å²) in [6.45, 7) is 6.52. The third-order valence-electron chi connectivity index (χ3n) is 4.12. The number of hydrogen-bond donors (Lipinski definition) is 1. The van der Waals surface area contributed by atoms with Gasteiger partial charge in [-0.05, 0) is 44.9 Å². The maximum atomic E-state index is 9.76. The van der Waals surface area contributed by atoms with E-state index in [0.717, 1.165) is 49.5 Å². The lowest BCUT2D eigenvalue weighted by molar-refractivity contribution is 0.0660. The number of hydrogen-bond acceptors (Lipinski definition) is 4. The van der Waals surface area contributed by atoms with Crippen LogP contribution in [0.5, 0.6) is 0 Å². The fourth-order valence-corrected chi connectivity index (χ4v) is 2.89. The van der Waals surface area contributed by atoms with Crippen LogP contribution in [0.2, 0.25) is 0 Å². The highest BCUT2D eigenvalue weighted by Crippen LogP contribution is 2.25. The molecule has 1 N–H and O–H groups in total. The molecular weight excluding hydrogens is 264 g/mol. The van der Waals surface area contributed by atoms with Crippen molar-refractivity contribution in [3.63, 3.8) is 0 Å². The Labute approximate surface area is 125 Å².